The van der Waals surface area contributed by atoms with Gasteiger partial charge >= 0.3 is 6.18 Å². The standard InChI is InChI=1S/C23H30F3N3O4S/c1-5-34(30,31)28-11-12-29(19(15-28)23(24,25)26)20-13-18(14-21(27-20)33-22(2,3)4)32-16-17-9-7-6-8-10-17/h6-10,13-14,19H,5,11-12,15-16H2,1-4H3. The maximum atomic E-state index is 14.0. The first-order valence-electron chi connectivity index (χ1n) is 11.0. The Hall–Kier alpha value is -2.53. The molecule has 0 bridgehead atoms. The molecule has 34 heavy (non-hydrogen) atoms. The molecule has 11 heteroatoms. The van der Waals surface area contributed by atoms with Crippen molar-refractivity contribution in [1.82, 2.24) is 9.29 Å². The van der Waals surface area contributed by atoms with Crippen molar-refractivity contribution in [2.75, 3.05) is 30.3 Å². The molecule has 2 heterocycles. The van der Waals surface area contributed by atoms with Crippen LogP contribution < -0.4 is 14.4 Å². The topological polar surface area (TPSA) is 72.0 Å². The van der Waals surface area contributed by atoms with E-state index in [-0.39, 0.29) is 37.1 Å². The second kappa shape index (κ2) is 9.99. The van der Waals surface area contributed by atoms with Gasteiger partial charge in [-0.1, -0.05) is 30.3 Å². The zero-order valence-corrected chi connectivity index (χ0v) is 20.5. The van der Waals surface area contributed by atoms with Crippen molar-refractivity contribution in [3.8, 4) is 11.6 Å². The lowest BCUT2D eigenvalue weighted by atomic mass is 10.1. The normalized spacial score (nSPS) is 18.1. The zero-order chi connectivity index (χ0) is 25.1. The highest BCUT2D eigenvalue weighted by atomic mass is 32.2. The van der Waals surface area contributed by atoms with Gasteiger partial charge in [-0.25, -0.2) is 8.42 Å². The number of aromatic nitrogens is 1. The fourth-order valence-corrected chi connectivity index (χ4v) is 4.65. The summed E-state index contributed by atoms with van der Waals surface area (Å²) in [5, 5.41) is 0. The molecule has 0 saturated carbocycles. The molecular formula is C23H30F3N3O4S. The Morgan fingerprint density at radius 3 is 2.35 bits per heavy atom. The fourth-order valence-electron chi connectivity index (χ4n) is 3.55. The summed E-state index contributed by atoms with van der Waals surface area (Å²) in [6.45, 7) is 6.09. The predicted octanol–water partition coefficient (Wildman–Crippen LogP) is 4.24. The Bertz CT molecular complexity index is 1070. The van der Waals surface area contributed by atoms with Crippen molar-refractivity contribution in [1.29, 1.82) is 0 Å². The van der Waals surface area contributed by atoms with Gasteiger partial charge in [-0.3, -0.25) is 0 Å². The molecule has 1 aromatic heterocycles. The van der Waals surface area contributed by atoms with Gasteiger partial charge in [0.05, 0.1) is 5.75 Å². The van der Waals surface area contributed by atoms with E-state index in [9.17, 15) is 21.6 Å². The second-order valence-corrected chi connectivity index (χ2v) is 11.3. The molecule has 188 valence electrons. The summed E-state index contributed by atoms with van der Waals surface area (Å²) in [6.07, 6.45) is -4.67. The van der Waals surface area contributed by atoms with Crippen molar-refractivity contribution in [3.05, 3.63) is 48.0 Å². The van der Waals surface area contributed by atoms with Gasteiger partial charge in [-0.15, -0.1) is 0 Å². The largest absolute Gasteiger partial charge is 0.489 e. The first-order valence-corrected chi connectivity index (χ1v) is 12.6. The van der Waals surface area contributed by atoms with E-state index in [1.807, 2.05) is 30.3 Å². The fraction of sp³-hybridized carbons (Fsp3) is 0.522. The van der Waals surface area contributed by atoms with E-state index in [2.05, 4.69) is 4.98 Å². The zero-order valence-electron chi connectivity index (χ0n) is 19.7. The third kappa shape index (κ3) is 6.75. The molecule has 1 unspecified atom stereocenters. The molecule has 1 saturated heterocycles. The predicted molar refractivity (Wildman–Crippen MR) is 124 cm³/mol. The monoisotopic (exact) mass is 501 g/mol. The van der Waals surface area contributed by atoms with E-state index in [1.165, 1.54) is 19.1 Å². The summed E-state index contributed by atoms with van der Waals surface area (Å²) in [7, 11) is -3.76. The molecule has 1 atom stereocenters. The van der Waals surface area contributed by atoms with Crippen molar-refractivity contribution >= 4 is 15.8 Å². The van der Waals surface area contributed by atoms with E-state index in [4.69, 9.17) is 9.47 Å². The van der Waals surface area contributed by atoms with Crippen LogP contribution in [0, 0.1) is 0 Å². The molecule has 1 fully saturated rings. The smallest absolute Gasteiger partial charge is 0.410 e. The maximum Gasteiger partial charge on any atom is 0.410 e. The summed E-state index contributed by atoms with van der Waals surface area (Å²) in [6, 6.07) is 10.3. The molecule has 0 spiro atoms. The van der Waals surface area contributed by atoms with Gasteiger partial charge in [0.15, 0.2) is 0 Å². The molecule has 7 nitrogen and oxygen atoms in total. The van der Waals surface area contributed by atoms with Gasteiger partial charge in [0.1, 0.15) is 29.8 Å². The number of benzene rings is 1. The molecule has 0 radical (unpaired) electrons. The Kier molecular flexibility index (Phi) is 7.66. The van der Waals surface area contributed by atoms with Crippen LogP contribution in [0.2, 0.25) is 0 Å². The number of alkyl halides is 3. The van der Waals surface area contributed by atoms with Crippen LogP contribution in [0.25, 0.3) is 0 Å². The minimum atomic E-state index is -4.67. The Morgan fingerprint density at radius 1 is 1.09 bits per heavy atom. The first-order chi connectivity index (χ1) is 15.8. The Morgan fingerprint density at radius 2 is 1.76 bits per heavy atom. The minimum Gasteiger partial charge on any atom is -0.489 e. The van der Waals surface area contributed by atoms with Crippen molar-refractivity contribution in [2.45, 2.75) is 52.1 Å². The Balaban J connectivity index is 1.95. The average Bonchev–Trinajstić information content (AvgIpc) is 2.76. The summed E-state index contributed by atoms with van der Waals surface area (Å²) in [4.78, 5) is 5.40. The van der Waals surface area contributed by atoms with Crippen LogP contribution in [0.4, 0.5) is 19.0 Å². The summed E-state index contributed by atoms with van der Waals surface area (Å²) >= 11 is 0. The van der Waals surface area contributed by atoms with Crippen molar-refractivity contribution < 1.29 is 31.1 Å². The molecule has 1 aliphatic heterocycles. The molecular weight excluding hydrogens is 471 g/mol. The molecule has 1 aliphatic rings. The van der Waals surface area contributed by atoms with Gasteiger partial charge in [-0.05, 0) is 33.3 Å². The van der Waals surface area contributed by atoms with E-state index >= 15 is 0 Å². The van der Waals surface area contributed by atoms with E-state index < -0.39 is 34.4 Å². The summed E-state index contributed by atoms with van der Waals surface area (Å²) in [5.41, 5.74) is 0.255. The number of sulfonamides is 1. The summed E-state index contributed by atoms with van der Waals surface area (Å²) < 4.78 is 79.2. The maximum absolute atomic E-state index is 14.0. The van der Waals surface area contributed by atoms with Gasteiger partial charge in [-0.2, -0.15) is 22.5 Å². The molecule has 0 N–H and O–H groups in total. The van der Waals surface area contributed by atoms with E-state index in [0.29, 0.717) is 5.75 Å². The average molecular weight is 502 g/mol. The van der Waals surface area contributed by atoms with Crippen LogP contribution in [-0.2, 0) is 16.6 Å². The lowest BCUT2D eigenvalue weighted by Crippen LogP contribution is -2.60. The van der Waals surface area contributed by atoms with Crippen LogP contribution in [0.15, 0.2) is 42.5 Å². The number of hydrogen-bond donors (Lipinski definition) is 0. The highest BCUT2D eigenvalue weighted by Crippen LogP contribution is 2.35. The van der Waals surface area contributed by atoms with Crippen LogP contribution in [0.3, 0.4) is 0 Å². The van der Waals surface area contributed by atoms with Crippen molar-refractivity contribution in [2.24, 2.45) is 0 Å². The molecule has 3 rings (SSSR count). The van der Waals surface area contributed by atoms with Crippen LogP contribution in [0.5, 0.6) is 11.6 Å². The number of rotatable bonds is 7. The third-order valence-electron chi connectivity index (χ3n) is 5.19. The highest BCUT2D eigenvalue weighted by molar-refractivity contribution is 7.89. The number of nitrogens with zero attached hydrogens (tertiary/aromatic N) is 3. The van der Waals surface area contributed by atoms with Crippen LogP contribution >= 0.6 is 0 Å². The molecule has 0 aliphatic carbocycles. The van der Waals surface area contributed by atoms with E-state index in [1.54, 1.807) is 20.8 Å². The van der Waals surface area contributed by atoms with Crippen LogP contribution in [-0.4, -0.2) is 60.9 Å². The number of pyridine rings is 1. The number of hydrogen-bond acceptors (Lipinski definition) is 6. The molecule has 2 aromatic rings. The van der Waals surface area contributed by atoms with Crippen LogP contribution in [0.1, 0.15) is 33.3 Å². The van der Waals surface area contributed by atoms with Crippen molar-refractivity contribution in [3.63, 3.8) is 0 Å². The number of anilines is 1. The number of ether oxygens (including phenoxy) is 2. The minimum absolute atomic E-state index is 0.0145. The number of piperazine rings is 1. The second-order valence-electron chi connectivity index (χ2n) is 9.00. The third-order valence-corrected chi connectivity index (χ3v) is 7.04. The number of halogens is 3. The molecule has 1 aromatic carbocycles. The van der Waals surface area contributed by atoms with E-state index in [0.717, 1.165) is 14.8 Å². The molecule has 0 amide bonds. The first kappa shape index (κ1) is 26.1. The quantitative estimate of drug-likeness (QED) is 0.565. The summed E-state index contributed by atoms with van der Waals surface area (Å²) in [5.74, 6) is 0.179. The van der Waals surface area contributed by atoms with Gasteiger partial charge in [0, 0.05) is 31.8 Å². The highest BCUT2D eigenvalue weighted by Gasteiger charge is 2.49. The van der Waals surface area contributed by atoms with Gasteiger partial charge < -0.3 is 14.4 Å². The van der Waals surface area contributed by atoms with Gasteiger partial charge in [0.2, 0.25) is 15.9 Å². The lowest BCUT2D eigenvalue weighted by molar-refractivity contribution is -0.153. The lowest BCUT2D eigenvalue weighted by Gasteiger charge is -2.42. The SMILES string of the molecule is CCS(=O)(=O)N1CCN(c2cc(OCc3ccccc3)cc(OC(C)(C)C)n2)C(C(F)(F)F)C1. The Labute approximate surface area is 198 Å². The van der Waals surface area contributed by atoms with Gasteiger partial charge in [0.25, 0.3) is 0 Å².